The number of nitrogens with zero attached hydrogens (tertiary/aromatic N) is 1. The summed E-state index contributed by atoms with van der Waals surface area (Å²) in [7, 11) is 1.45. The van der Waals surface area contributed by atoms with Crippen LogP contribution in [0, 0.1) is 0 Å². The second-order valence-corrected chi connectivity index (χ2v) is 9.11. The van der Waals surface area contributed by atoms with Crippen molar-refractivity contribution in [2.45, 2.75) is 19.3 Å². The summed E-state index contributed by atoms with van der Waals surface area (Å²) >= 11 is 12.1. The molecule has 0 spiro atoms. The van der Waals surface area contributed by atoms with Gasteiger partial charge in [-0.15, -0.1) is 0 Å². The van der Waals surface area contributed by atoms with E-state index in [0.717, 1.165) is 5.56 Å². The third-order valence-electron chi connectivity index (χ3n) is 5.79. The number of benzene rings is 3. The molecule has 192 valence electrons. The van der Waals surface area contributed by atoms with Gasteiger partial charge in [0.2, 0.25) is 11.2 Å². The number of methoxy groups -OCH3 is 1. The van der Waals surface area contributed by atoms with Gasteiger partial charge in [-0.2, -0.15) is 13.2 Å². The van der Waals surface area contributed by atoms with Gasteiger partial charge in [-0.1, -0.05) is 29.3 Å². The number of rotatable bonds is 5. The van der Waals surface area contributed by atoms with E-state index >= 15 is 0 Å². The normalized spacial score (nSPS) is 13.8. The molecule has 0 N–H and O–H groups in total. The van der Waals surface area contributed by atoms with Crippen molar-refractivity contribution < 1.29 is 31.8 Å². The summed E-state index contributed by atoms with van der Waals surface area (Å²) in [5.41, 5.74) is -0.0127. The van der Waals surface area contributed by atoms with Crippen LogP contribution in [0.25, 0.3) is 11.0 Å². The smallest absolute Gasteiger partial charge is 0.453 e. The Morgan fingerprint density at radius 3 is 2.41 bits per heavy atom. The molecule has 0 fully saturated rings. The Hall–Kier alpha value is -3.40. The van der Waals surface area contributed by atoms with Gasteiger partial charge in [0.15, 0.2) is 0 Å². The van der Waals surface area contributed by atoms with Gasteiger partial charge in [0.25, 0.3) is 5.76 Å². The molecule has 0 saturated heterocycles. The van der Waals surface area contributed by atoms with Crippen molar-refractivity contribution in [1.82, 2.24) is 4.90 Å². The third-order valence-corrected chi connectivity index (χ3v) is 6.53. The van der Waals surface area contributed by atoms with E-state index in [0.29, 0.717) is 33.7 Å². The number of ether oxygens (including phenoxy) is 3. The third kappa shape index (κ3) is 5.07. The van der Waals surface area contributed by atoms with Gasteiger partial charge in [0.1, 0.15) is 29.6 Å². The fourth-order valence-electron chi connectivity index (χ4n) is 4.03. The lowest BCUT2D eigenvalue weighted by Crippen LogP contribution is -2.32. The Morgan fingerprint density at radius 2 is 1.73 bits per heavy atom. The van der Waals surface area contributed by atoms with Crippen molar-refractivity contribution in [1.29, 1.82) is 0 Å². The molecule has 4 aromatic rings. The van der Waals surface area contributed by atoms with Gasteiger partial charge in [0, 0.05) is 13.1 Å². The first-order chi connectivity index (χ1) is 17.6. The summed E-state index contributed by atoms with van der Waals surface area (Å²) in [5.74, 6) is -1.65. The summed E-state index contributed by atoms with van der Waals surface area (Å²) in [4.78, 5) is 15.1. The van der Waals surface area contributed by atoms with Gasteiger partial charge < -0.3 is 18.6 Å². The monoisotopic (exact) mass is 551 g/mol. The maximum atomic E-state index is 14.0. The molecular formula is C26H18Cl2F3NO5. The maximum Gasteiger partial charge on any atom is 0.453 e. The molecule has 11 heteroatoms. The molecule has 0 radical (unpaired) electrons. The summed E-state index contributed by atoms with van der Waals surface area (Å²) in [6.07, 6.45) is -4.99. The second-order valence-electron chi connectivity index (χ2n) is 8.29. The van der Waals surface area contributed by atoms with Gasteiger partial charge in [0.05, 0.1) is 28.1 Å². The fourth-order valence-corrected chi connectivity index (χ4v) is 4.35. The molecule has 0 unspecified atom stereocenters. The van der Waals surface area contributed by atoms with Crippen LogP contribution in [0.5, 0.6) is 23.0 Å². The summed E-state index contributed by atoms with van der Waals surface area (Å²) in [5, 5.41) is 0.731. The van der Waals surface area contributed by atoms with Crippen LogP contribution in [0.1, 0.15) is 16.9 Å². The topological polar surface area (TPSA) is 61.1 Å². The molecule has 1 aliphatic rings. The van der Waals surface area contributed by atoms with Crippen LogP contribution in [-0.2, 0) is 19.3 Å². The molecule has 0 bridgehead atoms. The van der Waals surface area contributed by atoms with E-state index in [4.69, 9.17) is 41.8 Å². The number of fused-ring (bicyclic) bond motifs is 3. The largest absolute Gasteiger partial charge is 0.497 e. The number of alkyl halides is 3. The van der Waals surface area contributed by atoms with E-state index in [2.05, 4.69) is 0 Å². The predicted molar refractivity (Wildman–Crippen MR) is 132 cm³/mol. The number of halogens is 5. The number of hydrogen-bond donors (Lipinski definition) is 0. The van der Waals surface area contributed by atoms with Gasteiger partial charge in [-0.3, -0.25) is 9.69 Å². The second kappa shape index (κ2) is 9.81. The van der Waals surface area contributed by atoms with Crippen LogP contribution < -0.4 is 19.6 Å². The van der Waals surface area contributed by atoms with Crippen LogP contribution in [0.4, 0.5) is 13.2 Å². The van der Waals surface area contributed by atoms with Crippen LogP contribution >= 0.6 is 23.2 Å². The fraction of sp³-hybridized carbons (Fsp3) is 0.192. The van der Waals surface area contributed by atoms with E-state index in [1.165, 1.54) is 43.5 Å². The number of hydrogen-bond acceptors (Lipinski definition) is 6. The Balaban J connectivity index is 1.55. The SMILES string of the molecule is COc1ccc(Oc2c(C(F)(F)F)oc3c4c(ccc3c2=O)OCN(Cc2ccc(Cl)c(Cl)c2)C4)cc1. The Bertz CT molecular complexity index is 1540. The minimum absolute atomic E-state index is 0.0204. The summed E-state index contributed by atoms with van der Waals surface area (Å²) in [6.45, 7) is 0.724. The van der Waals surface area contributed by atoms with E-state index in [-0.39, 0.29) is 30.0 Å². The average molecular weight is 552 g/mol. The molecular weight excluding hydrogens is 534 g/mol. The van der Waals surface area contributed by atoms with E-state index in [9.17, 15) is 18.0 Å². The zero-order valence-corrected chi connectivity index (χ0v) is 20.7. The van der Waals surface area contributed by atoms with Crippen LogP contribution in [0.3, 0.4) is 0 Å². The first-order valence-corrected chi connectivity index (χ1v) is 11.7. The lowest BCUT2D eigenvalue weighted by atomic mass is 10.1. The van der Waals surface area contributed by atoms with Crippen LogP contribution in [-0.4, -0.2) is 18.7 Å². The molecule has 1 aliphatic heterocycles. The molecule has 5 rings (SSSR count). The highest BCUT2D eigenvalue weighted by atomic mass is 35.5. The molecule has 0 aliphatic carbocycles. The van der Waals surface area contributed by atoms with Gasteiger partial charge in [-0.25, -0.2) is 0 Å². The predicted octanol–water partition coefficient (Wildman–Crippen LogP) is 7.27. The molecule has 2 heterocycles. The van der Waals surface area contributed by atoms with Crippen molar-refractivity contribution in [3.8, 4) is 23.0 Å². The molecule has 0 saturated carbocycles. The maximum absolute atomic E-state index is 14.0. The first-order valence-electron chi connectivity index (χ1n) is 10.9. The minimum atomic E-state index is -4.99. The Kier molecular flexibility index (Phi) is 6.70. The highest BCUT2D eigenvalue weighted by Crippen LogP contribution is 2.41. The van der Waals surface area contributed by atoms with E-state index in [1.54, 1.807) is 18.2 Å². The first kappa shape index (κ1) is 25.3. The van der Waals surface area contributed by atoms with Crippen LogP contribution in [0.2, 0.25) is 10.0 Å². The Morgan fingerprint density at radius 1 is 1.00 bits per heavy atom. The van der Waals surface area contributed by atoms with E-state index in [1.807, 2.05) is 4.90 Å². The molecule has 1 aromatic heterocycles. The van der Waals surface area contributed by atoms with Crippen molar-refractivity contribution in [3.63, 3.8) is 0 Å². The zero-order valence-electron chi connectivity index (χ0n) is 19.2. The highest BCUT2D eigenvalue weighted by molar-refractivity contribution is 6.42. The van der Waals surface area contributed by atoms with Crippen molar-refractivity contribution in [2.24, 2.45) is 0 Å². The van der Waals surface area contributed by atoms with Crippen molar-refractivity contribution in [3.05, 3.63) is 91.8 Å². The van der Waals surface area contributed by atoms with Crippen LogP contribution in [0.15, 0.2) is 63.8 Å². The molecule has 0 amide bonds. The molecule has 3 aromatic carbocycles. The lowest BCUT2D eigenvalue weighted by molar-refractivity contribution is -0.154. The standard InChI is InChI=1S/C26H18Cl2F3NO5/c1-34-15-3-5-16(6-4-15)36-24-22(33)17-7-9-21-18(23(17)37-25(24)26(29,30)31)12-32(13-35-21)11-14-2-8-19(27)20(28)10-14/h2-10H,11-13H2,1H3. The van der Waals surface area contributed by atoms with Crippen molar-refractivity contribution in [2.75, 3.05) is 13.8 Å². The quantitative estimate of drug-likeness (QED) is 0.260. The Labute approximate surface area is 218 Å². The van der Waals surface area contributed by atoms with Crippen molar-refractivity contribution >= 4 is 34.2 Å². The zero-order chi connectivity index (χ0) is 26.3. The van der Waals surface area contributed by atoms with Gasteiger partial charge >= 0.3 is 6.18 Å². The average Bonchev–Trinajstić information content (AvgIpc) is 2.87. The molecule has 6 nitrogen and oxygen atoms in total. The highest BCUT2D eigenvalue weighted by Gasteiger charge is 2.41. The summed E-state index contributed by atoms with van der Waals surface area (Å²) < 4.78 is 63.7. The molecule has 37 heavy (non-hydrogen) atoms. The minimum Gasteiger partial charge on any atom is -0.497 e. The van der Waals surface area contributed by atoms with E-state index < -0.39 is 23.1 Å². The molecule has 0 atom stereocenters. The lowest BCUT2D eigenvalue weighted by Gasteiger charge is -2.29. The van der Waals surface area contributed by atoms with Gasteiger partial charge in [-0.05, 0) is 54.1 Å². The summed E-state index contributed by atoms with van der Waals surface area (Å²) in [6, 6.07) is 13.8.